The molecule has 0 saturated heterocycles. The van der Waals surface area contributed by atoms with E-state index in [9.17, 15) is 13.2 Å². The summed E-state index contributed by atoms with van der Waals surface area (Å²) < 4.78 is 24.7. The van der Waals surface area contributed by atoms with Crippen LogP contribution < -0.4 is 5.32 Å². The van der Waals surface area contributed by atoms with Crippen LogP contribution in [0.1, 0.15) is 11.6 Å². The van der Waals surface area contributed by atoms with E-state index in [1.54, 1.807) is 48.7 Å². The molecule has 22 heavy (non-hydrogen) atoms. The first-order valence-corrected chi connectivity index (χ1v) is 8.43. The number of aromatic nitrogens is 1. The number of carbonyl (C=O) groups excluding carboxylic acids is 1. The molecule has 7 heteroatoms. The summed E-state index contributed by atoms with van der Waals surface area (Å²) in [5.74, 6) is -0.438. The van der Waals surface area contributed by atoms with E-state index in [1.165, 1.54) is 13.2 Å². The molecule has 6 nitrogen and oxygen atoms in total. The summed E-state index contributed by atoms with van der Waals surface area (Å²) in [4.78, 5) is 16.5. The van der Waals surface area contributed by atoms with Gasteiger partial charge in [0.1, 0.15) is 6.04 Å². The molecule has 0 spiro atoms. The van der Waals surface area contributed by atoms with Crippen molar-refractivity contribution in [2.75, 3.05) is 18.6 Å². The summed E-state index contributed by atoms with van der Waals surface area (Å²) in [6.07, 6.45) is 4.16. The number of pyridine rings is 1. The highest BCUT2D eigenvalue weighted by molar-refractivity contribution is 7.88. The van der Waals surface area contributed by atoms with Crippen molar-refractivity contribution in [2.45, 2.75) is 6.04 Å². The lowest BCUT2D eigenvalue weighted by Crippen LogP contribution is -2.38. The van der Waals surface area contributed by atoms with Gasteiger partial charge in [-0.1, -0.05) is 30.3 Å². The normalized spacial score (nSPS) is 12.9. The predicted molar refractivity (Wildman–Crippen MR) is 84.7 cm³/mol. The molecule has 1 heterocycles. The van der Waals surface area contributed by atoms with Crippen LogP contribution in [0.2, 0.25) is 0 Å². The Bertz CT molecular complexity index is 733. The largest absolute Gasteiger partial charge is 0.323 e. The van der Waals surface area contributed by atoms with Crippen LogP contribution in [-0.2, 0) is 14.8 Å². The summed E-state index contributed by atoms with van der Waals surface area (Å²) in [5, 5.41) is 2.69. The van der Waals surface area contributed by atoms with Crippen LogP contribution in [0.3, 0.4) is 0 Å². The van der Waals surface area contributed by atoms with E-state index in [0.29, 0.717) is 11.3 Å². The van der Waals surface area contributed by atoms with Crippen LogP contribution in [0.25, 0.3) is 0 Å². The van der Waals surface area contributed by atoms with E-state index >= 15 is 0 Å². The number of nitrogens with zero attached hydrogens (tertiary/aromatic N) is 2. The van der Waals surface area contributed by atoms with Gasteiger partial charge in [0.15, 0.2) is 0 Å². The molecule has 2 rings (SSSR count). The van der Waals surface area contributed by atoms with Crippen LogP contribution in [0, 0.1) is 0 Å². The van der Waals surface area contributed by atoms with Gasteiger partial charge >= 0.3 is 0 Å². The van der Waals surface area contributed by atoms with E-state index in [4.69, 9.17) is 0 Å². The van der Waals surface area contributed by atoms with Crippen molar-refractivity contribution in [2.24, 2.45) is 0 Å². The predicted octanol–water partition coefficient (Wildman–Crippen LogP) is 1.65. The molecule has 0 bridgehead atoms. The first-order valence-electron chi connectivity index (χ1n) is 6.58. The second-order valence-corrected chi connectivity index (χ2v) is 6.87. The van der Waals surface area contributed by atoms with Gasteiger partial charge in [0.25, 0.3) is 0 Å². The fourth-order valence-electron chi connectivity index (χ4n) is 2.00. The average Bonchev–Trinajstić information content (AvgIpc) is 2.48. The fraction of sp³-hybridized carbons (Fsp3) is 0.200. The van der Waals surface area contributed by atoms with Crippen molar-refractivity contribution in [3.63, 3.8) is 0 Å². The Morgan fingerprint density at radius 1 is 1.18 bits per heavy atom. The van der Waals surface area contributed by atoms with E-state index in [1.807, 2.05) is 0 Å². The van der Waals surface area contributed by atoms with Crippen LogP contribution >= 0.6 is 0 Å². The van der Waals surface area contributed by atoms with Gasteiger partial charge in [0.2, 0.25) is 15.9 Å². The van der Waals surface area contributed by atoms with Crippen LogP contribution in [0.5, 0.6) is 0 Å². The maximum atomic E-state index is 12.6. The van der Waals surface area contributed by atoms with Crippen molar-refractivity contribution in [3.8, 4) is 0 Å². The first-order chi connectivity index (χ1) is 10.4. The Labute approximate surface area is 129 Å². The van der Waals surface area contributed by atoms with Gasteiger partial charge in [-0.3, -0.25) is 9.78 Å². The molecule has 0 aliphatic rings. The third-order valence-electron chi connectivity index (χ3n) is 3.18. The molecule has 116 valence electrons. The molecule has 2 aromatic rings. The molecule has 1 N–H and O–H groups in total. The molecule has 0 saturated carbocycles. The van der Waals surface area contributed by atoms with Gasteiger partial charge in [-0.2, -0.15) is 4.31 Å². The van der Waals surface area contributed by atoms with Gasteiger partial charge in [-0.25, -0.2) is 8.42 Å². The van der Waals surface area contributed by atoms with Crippen LogP contribution in [0.4, 0.5) is 5.69 Å². The molecular weight excluding hydrogens is 302 g/mol. The number of hydrogen-bond donors (Lipinski definition) is 1. The minimum absolute atomic E-state index is 0.438. The average molecular weight is 319 g/mol. The molecule has 1 aromatic heterocycles. The number of hydrogen-bond acceptors (Lipinski definition) is 4. The summed E-state index contributed by atoms with van der Waals surface area (Å²) in [6.45, 7) is 0. The number of anilines is 1. The number of nitrogens with one attached hydrogen (secondary N) is 1. The van der Waals surface area contributed by atoms with Gasteiger partial charge in [0.05, 0.1) is 18.1 Å². The molecule has 0 radical (unpaired) electrons. The second kappa shape index (κ2) is 6.67. The first kappa shape index (κ1) is 16.1. The third-order valence-corrected chi connectivity index (χ3v) is 4.44. The Balaban J connectivity index is 2.34. The molecule has 1 atom stereocenters. The smallest absolute Gasteiger partial charge is 0.247 e. The van der Waals surface area contributed by atoms with Crippen LogP contribution in [0.15, 0.2) is 54.9 Å². The number of benzene rings is 1. The van der Waals surface area contributed by atoms with E-state index < -0.39 is 22.0 Å². The van der Waals surface area contributed by atoms with Gasteiger partial charge in [-0.05, 0) is 17.7 Å². The SMILES string of the molecule is CN([C@H](C(=O)Nc1cccnc1)c1ccccc1)S(C)(=O)=O. The summed E-state index contributed by atoms with van der Waals surface area (Å²) in [5.41, 5.74) is 1.10. The third kappa shape index (κ3) is 3.90. The Hall–Kier alpha value is -2.25. The minimum Gasteiger partial charge on any atom is -0.323 e. The van der Waals surface area contributed by atoms with Gasteiger partial charge in [-0.15, -0.1) is 0 Å². The monoisotopic (exact) mass is 319 g/mol. The van der Waals surface area contributed by atoms with Crippen molar-refractivity contribution in [1.82, 2.24) is 9.29 Å². The zero-order chi connectivity index (χ0) is 16.2. The Morgan fingerprint density at radius 3 is 2.41 bits per heavy atom. The van der Waals surface area contributed by atoms with E-state index in [2.05, 4.69) is 10.3 Å². The lowest BCUT2D eigenvalue weighted by atomic mass is 10.1. The maximum absolute atomic E-state index is 12.6. The van der Waals surface area contributed by atoms with Crippen LogP contribution in [-0.4, -0.2) is 36.9 Å². The molecule has 0 fully saturated rings. The zero-order valence-corrected chi connectivity index (χ0v) is 13.1. The standard InChI is InChI=1S/C15H17N3O3S/c1-18(22(2,20)21)14(12-7-4-3-5-8-12)15(19)17-13-9-6-10-16-11-13/h3-11,14H,1-2H3,(H,17,19)/t14-/m0/s1. The maximum Gasteiger partial charge on any atom is 0.247 e. The highest BCUT2D eigenvalue weighted by Crippen LogP contribution is 2.23. The van der Waals surface area contributed by atoms with Crippen molar-refractivity contribution < 1.29 is 13.2 Å². The minimum atomic E-state index is -3.53. The lowest BCUT2D eigenvalue weighted by molar-refractivity contribution is -0.119. The number of carbonyl (C=O) groups is 1. The van der Waals surface area contributed by atoms with Gasteiger partial charge in [0, 0.05) is 13.2 Å². The fourth-order valence-corrected chi connectivity index (χ4v) is 2.60. The summed E-state index contributed by atoms with van der Waals surface area (Å²) in [7, 11) is -2.15. The zero-order valence-electron chi connectivity index (χ0n) is 12.3. The number of rotatable bonds is 5. The van der Waals surface area contributed by atoms with E-state index in [0.717, 1.165) is 10.6 Å². The summed E-state index contributed by atoms with van der Waals surface area (Å²) in [6, 6.07) is 11.2. The molecular formula is C15H17N3O3S. The van der Waals surface area contributed by atoms with Crippen molar-refractivity contribution in [1.29, 1.82) is 0 Å². The second-order valence-electron chi connectivity index (χ2n) is 4.82. The quantitative estimate of drug-likeness (QED) is 0.909. The molecule has 1 aromatic carbocycles. The van der Waals surface area contributed by atoms with Crippen molar-refractivity contribution in [3.05, 3.63) is 60.4 Å². The number of sulfonamides is 1. The molecule has 0 aliphatic carbocycles. The Kier molecular flexibility index (Phi) is 4.89. The molecule has 1 amide bonds. The highest BCUT2D eigenvalue weighted by atomic mass is 32.2. The Morgan fingerprint density at radius 2 is 1.86 bits per heavy atom. The topological polar surface area (TPSA) is 79.4 Å². The molecule has 0 unspecified atom stereocenters. The number of amides is 1. The number of likely N-dealkylation sites (N-methyl/N-ethyl adjacent to an activating group) is 1. The van der Waals surface area contributed by atoms with Crippen molar-refractivity contribution >= 4 is 21.6 Å². The van der Waals surface area contributed by atoms with Gasteiger partial charge < -0.3 is 5.32 Å². The molecule has 0 aliphatic heterocycles. The van der Waals surface area contributed by atoms with E-state index in [-0.39, 0.29) is 0 Å². The summed E-state index contributed by atoms with van der Waals surface area (Å²) >= 11 is 0. The highest BCUT2D eigenvalue weighted by Gasteiger charge is 2.30. The lowest BCUT2D eigenvalue weighted by Gasteiger charge is -2.25.